The van der Waals surface area contributed by atoms with Crippen molar-refractivity contribution in [2.24, 2.45) is 0 Å². The van der Waals surface area contributed by atoms with Crippen LogP contribution in [-0.4, -0.2) is 48.6 Å². The summed E-state index contributed by atoms with van der Waals surface area (Å²) in [6.07, 6.45) is 1.71. The van der Waals surface area contributed by atoms with E-state index in [9.17, 15) is 4.39 Å². The van der Waals surface area contributed by atoms with Crippen molar-refractivity contribution in [3.05, 3.63) is 23.6 Å². The summed E-state index contributed by atoms with van der Waals surface area (Å²) >= 11 is 0. The zero-order chi connectivity index (χ0) is 14.7. The fraction of sp³-hybridized carbons (Fsp3) is 0.667. The van der Waals surface area contributed by atoms with Gasteiger partial charge in [0.25, 0.3) is 0 Å². The summed E-state index contributed by atoms with van der Waals surface area (Å²) in [7, 11) is 2.11. The molecule has 1 aromatic rings. The predicted octanol–water partition coefficient (Wildman–Crippen LogP) is 1.86. The normalized spacial score (nSPS) is 20.7. The van der Waals surface area contributed by atoms with E-state index in [4.69, 9.17) is 0 Å². The second-order valence-corrected chi connectivity index (χ2v) is 5.92. The molecule has 0 aliphatic carbocycles. The van der Waals surface area contributed by atoms with Gasteiger partial charge in [-0.15, -0.1) is 0 Å². The molecule has 1 aromatic heterocycles. The number of halogens is 1. The third-order valence-electron chi connectivity index (χ3n) is 3.91. The summed E-state index contributed by atoms with van der Waals surface area (Å²) in [4.78, 5) is 8.60. The van der Waals surface area contributed by atoms with Crippen molar-refractivity contribution in [2.45, 2.75) is 39.4 Å². The summed E-state index contributed by atoms with van der Waals surface area (Å²) in [5.41, 5.74) is 0.690. The van der Waals surface area contributed by atoms with Crippen molar-refractivity contribution in [3.8, 4) is 0 Å². The molecule has 20 heavy (non-hydrogen) atoms. The van der Waals surface area contributed by atoms with Gasteiger partial charge in [-0.1, -0.05) is 13.8 Å². The minimum Gasteiger partial charge on any atom is -0.351 e. The standard InChI is InChI=1S/C15H25FN4/c1-11(2)18-9-13-5-6-17-15(14(13)16)20-8-7-19(4)12(3)10-20/h5-6,11-12,18H,7-10H2,1-4H3. The van der Waals surface area contributed by atoms with Crippen molar-refractivity contribution in [3.63, 3.8) is 0 Å². The minimum absolute atomic E-state index is 0.183. The summed E-state index contributed by atoms with van der Waals surface area (Å²) < 4.78 is 14.6. The minimum atomic E-state index is -0.183. The third kappa shape index (κ3) is 3.46. The molecule has 4 nitrogen and oxygen atoms in total. The van der Waals surface area contributed by atoms with Crippen LogP contribution >= 0.6 is 0 Å². The van der Waals surface area contributed by atoms with Gasteiger partial charge in [0.2, 0.25) is 0 Å². The van der Waals surface area contributed by atoms with Crippen LogP contribution in [0.25, 0.3) is 0 Å². The molecule has 0 bridgehead atoms. The van der Waals surface area contributed by atoms with Crippen molar-refractivity contribution in [1.29, 1.82) is 0 Å². The molecule has 2 heterocycles. The average molecular weight is 280 g/mol. The molecule has 0 saturated carbocycles. The van der Waals surface area contributed by atoms with Crippen LogP contribution in [0, 0.1) is 5.82 Å². The van der Waals surface area contributed by atoms with E-state index in [0.29, 0.717) is 30.0 Å². The fourth-order valence-corrected chi connectivity index (χ4v) is 2.38. The molecule has 1 saturated heterocycles. The Morgan fingerprint density at radius 3 is 2.85 bits per heavy atom. The summed E-state index contributed by atoms with van der Waals surface area (Å²) in [6, 6.07) is 2.52. The van der Waals surface area contributed by atoms with E-state index in [-0.39, 0.29) is 5.82 Å². The number of hydrogen-bond acceptors (Lipinski definition) is 4. The highest BCUT2D eigenvalue weighted by atomic mass is 19.1. The lowest BCUT2D eigenvalue weighted by Gasteiger charge is -2.38. The lowest BCUT2D eigenvalue weighted by Crippen LogP contribution is -2.50. The topological polar surface area (TPSA) is 31.4 Å². The summed E-state index contributed by atoms with van der Waals surface area (Å²) in [6.45, 7) is 9.41. The number of hydrogen-bond donors (Lipinski definition) is 1. The Morgan fingerprint density at radius 2 is 2.20 bits per heavy atom. The van der Waals surface area contributed by atoms with Crippen LogP contribution < -0.4 is 10.2 Å². The third-order valence-corrected chi connectivity index (χ3v) is 3.91. The van der Waals surface area contributed by atoms with Crippen LogP contribution in [0.1, 0.15) is 26.3 Å². The van der Waals surface area contributed by atoms with Crippen molar-refractivity contribution in [1.82, 2.24) is 15.2 Å². The molecule has 1 N–H and O–H groups in total. The van der Waals surface area contributed by atoms with Crippen molar-refractivity contribution >= 4 is 5.82 Å². The fourth-order valence-electron chi connectivity index (χ4n) is 2.38. The Balaban J connectivity index is 2.14. The number of anilines is 1. The lowest BCUT2D eigenvalue weighted by molar-refractivity contribution is 0.232. The molecule has 1 fully saturated rings. The highest BCUT2D eigenvalue weighted by Crippen LogP contribution is 2.22. The number of nitrogens with zero attached hydrogens (tertiary/aromatic N) is 3. The maximum absolute atomic E-state index is 14.6. The smallest absolute Gasteiger partial charge is 0.170 e. The van der Waals surface area contributed by atoms with Gasteiger partial charge < -0.3 is 15.1 Å². The number of nitrogens with one attached hydrogen (secondary N) is 1. The second kappa shape index (κ2) is 6.50. The van der Waals surface area contributed by atoms with Gasteiger partial charge >= 0.3 is 0 Å². The van der Waals surface area contributed by atoms with E-state index in [1.807, 2.05) is 0 Å². The Bertz CT molecular complexity index is 449. The van der Waals surface area contributed by atoms with Gasteiger partial charge in [0.15, 0.2) is 11.6 Å². The van der Waals surface area contributed by atoms with Gasteiger partial charge in [-0.05, 0) is 20.0 Å². The molecule has 1 atom stereocenters. The Hall–Kier alpha value is -1.20. The van der Waals surface area contributed by atoms with Crippen LogP contribution in [0.2, 0.25) is 0 Å². The van der Waals surface area contributed by atoms with E-state index in [2.05, 4.69) is 47.9 Å². The molecule has 1 aliphatic heterocycles. The van der Waals surface area contributed by atoms with Gasteiger partial charge in [-0.25, -0.2) is 9.37 Å². The summed E-state index contributed by atoms with van der Waals surface area (Å²) in [5.74, 6) is 0.311. The molecular formula is C15H25FN4. The number of pyridine rings is 1. The van der Waals surface area contributed by atoms with Crippen LogP contribution in [0.3, 0.4) is 0 Å². The van der Waals surface area contributed by atoms with E-state index in [1.165, 1.54) is 0 Å². The van der Waals surface area contributed by atoms with Crippen LogP contribution in [0.4, 0.5) is 10.2 Å². The molecule has 1 aliphatic rings. The van der Waals surface area contributed by atoms with Gasteiger partial charge in [0.05, 0.1) is 0 Å². The first kappa shape index (κ1) is 15.2. The molecule has 2 rings (SSSR count). The molecule has 1 unspecified atom stereocenters. The lowest BCUT2D eigenvalue weighted by atomic mass is 10.1. The number of piperazine rings is 1. The zero-order valence-electron chi connectivity index (χ0n) is 12.9. The second-order valence-electron chi connectivity index (χ2n) is 5.92. The van der Waals surface area contributed by atoms with Gasteiger partial charge in [-0.3, -0.25) is 0 Å². The first-order chi connectivity index (χ1) is 9.49. The zero-order valence-corrected chi connectivity index (χ0v) is 12.9. The maximum Gasteiger partial charge on any atom is 0.170 e. The van der Waals surface area contributed by atoms with Gasteiger partial charge in [0.1, 0.15) is 0 Å². The van der Waals surface area contributed by atoms with Crippen molar-refractivity contribution < 1.29 is 4.39 Å². The van der Waals surface area contributed by atoms with Gasteiger partial charge in [0, 0.05) is 50.0 Å². The SMILES string of the molecule is CC(C)NCc1ccnc(N2CCN(C)C(C)C2)c1F. The number of rotatable bonds is 4. The first-order valence-electron chi connectivity index (χ1n) is 7.31. The van der Waals surface area contributed by atoms with E-state index >= 15 is 0 Å². The first-order valence-corrected chi connectivity index (χ1v) is 7.31. The molecule has 5 heteroatoms. The predicted molar refractivity (Wildman–Crippen MR) is 80.5 cm³/mol. The Morgan fingerprint density at radius 1 is 1.45 bits per heavy atom. The monoisotopic (exact) mass is 280 g/mol. The van der Waals surface area contributed by atoms with E-state index in [0.717, 1.165) is 19.6 Å². The maximum atomic E-state index is 14.6. The Labute approximate surface area is 121 Å². The molecule has 112 valence electrons. The van der Waals surface area contributed by atoms with Crippen LogP contribution in [0.5, 0.6) is 0 Å². The average Bonchev–Trinajstić information content (AvgIpc) is 2.41. The molecule has 0 aromatic carbocycles. The van der Waals surface area contributed by atoms with E-state index < -0.39 is 0 Å². The highest BCUT2D eigenvalue weighted by Gasteiger charge is 2.24. The quantitative estimate of drug-likeness (QED) is 0.912. The van der Waals surface area contributed by atoms with Gasteiger partial charge in [-0.2, -0.15) is 0 Å². The van der Waals surface area contributed by atoms with E-state index in [1.54, 1.807) is 12.3 Å². The largest absolute Gasteiger partial charge is 0.351 e. The van der Waals surface area contributed by atoms with Crippen molar-refractivity contribution in [2.75, 3.05) is 31.6 Å². The Kier molecular flexibility index (Phi) is 4.94. The molecule has 0 spiro atoms. The number of likely N-dealkylation sites (N-methyl/N-ethyl adjacent to an activating group) is 1. The number of aromatic nitrogens is 1. The highest BCUT2D eigenvalue weighted by molar-refractivity contribution is 5.44. The molecular weight excluding hydrogens is 255 g/mol. The summed E-state index contributed by atoms with van der Waals surface area (Å²) in [5, 5.41) is 3.25. The van der Waals surface area contributed by atoms with Crippen LogP contribution in [0.15, 0.2) is 12.3 Å². The van der Waals surface area contributed by atoms with Crippen LogP contribution in [-0.2, 0) is 6.54 Å². The molecule has 0 amide bonds. The molecule has 0 radical (unpaired) electrons.